The van der Waals surface area contributed by atoms with Gasteiger partial charge in [0.2, 0.25) is 11.8 Å². The molecule has 4 aliphatic rings. The maximum absolute atomic E-state index is 14.4. The van der Waals surface area contributed by atoms with Crippen molar-refractivity contribution in [3.8, 4) is 11.3 Å². The molecule has 75 heavy (non-hydrogen) atoms. The van der Waals surface area contributed by atoms with E-state index in [-0.39, 0.29) is 54.9 Å². The molecule has 3 amide bonds. The Hall–Kier alpha value is -5.71. The van der Waals surface area contributed by atoms with Crippen molar-refractivity contribution in [1.29, 1.82) is 0 Å². The van der Waals surface area contributed by atoms with Crippen LogP contribution in [0.3, 0.4) is 0 Å². The van der Waals surface area contributed by atoms with Crippen LogP contribution < -0.4 is 20.9 Å². The summed E-state index contributed by atoms with van der Waals surface area (Å²) < 4.78 is 3.48. The van der Waals surface area contributed by atoms with E-state index in [1.807, 2.05) is 79.9 Å². The van der Waals surface area contributed by atoms with Crippen LogP contribution in [0.15, 0.2) is 77.3 Å². The van der Waals surface area contributed by atoms with Crippen molar-refractivity contribution in [2.45, 2.75) is 119 Å². The molecule has 8 heterocycles. The van der Waals surface area contributed by atoms with Crippen LogP contribution in [0, 0.1) is 18.3 Å². The second-order valence-corrected chi connectivity index (χ2v) is 22.8. The maximum Gasteiger partial charge on any atom is 0.254 e. The zero-order valence-corrected chi connectivity index (χ0v) is 45.3. The minimum absolute atomic E-state index is 0.0375. The lowest BCUT2D eigenvalue weighted by Crippen LogP contribution is -2.59. The average molecular weight is 1070 g/mol. The fraction of sp³-hybridized carbons (Fsp3) is 0.566. The van der Waals surface area contributed by atoms with Gasteiger partial charge in [0.25, 0.3) is 5.91 Å². The highest BCUT2D eigenvalue weighted by Gasteiger charge is 2.45. The second kappa shape index (κ2) is 23.3. The Morgan fingerprint density at radius 1 is 0.920 bits per heavy atom. The highest BCUT2D eigenvalue weighted by atomic mass is 35.5. The molecule has 1 aromatic carbocycles. The molecule has 5 aromatic rings. The third-order valence-corrected chi connectivity index (χ3v) is 17.2. The predicted molar refractivity (Wildman–Crippen MR) is 287 cm³/mol. The molecule has 20 nitrogen and oxygen atoms in total. The molecular weight excluding hydrogens is 994 g/mol. The number of nitrogens with one attached hydrogen (secondary N) is 1. The standard InChI is InChI=1S/C53H72ClN15O5S/c1-6-68-41(11-19-59-68)38-9-7-37(8-10-38)40(60-49(71)42-29-39(70)33-67(42)50(72)47(35(2)3)69-32-36(4)61-62-69)13-20-63-25-27-66(28-26-63)51(73)53(74)16-23-65(24-17-53)48-46(54)43(12-18-56-48)75-45-31-57-44(30-58-45)64-21-14-52(5,34-55)15-22-64/h7-12,18-19,30-32,35,39-40,42,47,70,74H,6,13-17,20-29,33-34,55H2,1-5H3,(H,60,71)/t39-,40+,42+,47+/m1/s1. The van der Waals surface area contributed by atoms with Crippen LogP contribution >= 0.6 is 23.4 Å². The van der Waals surface area contributed by atoms with Crippen molar-refractivity contribution < 1.29 is 24.6 Å². The fourth-order valence-corrected chi connectivity index (χ4v) is 12.0. The lowest BCUT2D eigenvalue weighted by Gasteiger charge is -2.43. The van der Waals surface area contributed by atoms with Gasteiger partial charge in [0.1, 0.15) is 34.3 Å². The number of aliphatic hydroxyl groups excluding tert-OH is 1. The molecule has 4 aliphatic heterocycles. The molecule has 0 spiro atoms. The number of carbonyl (C=O) groups is 3. The number of pyridine rings is 1. The molecule has 5 N–H and O–H groups in total. The minimum Gasteiger partial charge on any atom is -0.391 e. The number of hydrogen-bond donors (Lipinski definition) is 4. The van der Waals surface area contributed by atoms with Crippen molar-refractivity contribution in [3.63, 3.8) is 0 Å². The molecule has 0 radical (unpaired) electrons. The maximum atomic E-state index is 14.4. The van der Waals surface area contributed by atoms with E-state index in [1.165, 1.54) is 16.7 Å². The van der Waals surface area contributed by atoms with Gasteiger partial charge in [-0.05, 0) is 74.2 Å². The Bertz CT molecular complexity index is 2750. The topological polar surface area (TPSA) is 233 Å². The van der Waals surface area contributed by atoms with E-state index in [0.717, 1.165) is 60.0 Å². The summed E-state index contributed by atoms with van der Waals surface area (Å²) in [7, 11) is 0. The van der Waals surface area contributed by atoms with E-state index in [0.29, 0.717) is 80.3 Å². The second-order valence-electron chi connectivity index (χ2n) is 21.3. The van der Waals surface area contributed by atoms with Gasteiger partial charge in [-0.25, -0.2) is 19.6 Å². The Balaban J connectivity index is 0.802. The van der Waals surface area contributed by atoms with Gasteiger partial charge in [-0.1, -0.05) is 73.6 Å². The molecule has 0 unspecified atom stereocenters. The molecule has 9 rings (SSSR count). The number of halogens is 1. The molecule has 4 saturated heterocycles. The number of rotatable bonds is 17. The van der Waals surface area contributed by atoms with E-state index in [2.05, 4.69) is 42.4 Å². The number of hydrogen-bond acceptors (Lipinski definition) is 16. The van der Waals surface area contributed by atoms with Crippen molar-refractivity contribution in [2.24, 2.45) is 17.1 Å². The summed E-state index contributed by atoms with van der Waals surface area (Å²) >= 11 is 8.42. The summed E-state index contributed by atoms with van der Waals surface area (Å²) in [5.41, 5.74) is 8.23. The third kappa shape index (κ3) is 12.1. The molecule has 402 valence electrons. The Kier molecular flexibility index (Phi) is 16.8. The largest absolute Gasteiger partial charge is 0.391 e. The van der Waals surface area contributed by atoms with Gasteiger partial charge in [0.15, 0.2) is 0 Å². The number of nitrogens with zero attached hydrogens (tertiary/aromatic N) is 13. The van der Waals surface area contributed by atoms with Gasteiger partial charge in [-0.2, -0.15) is 5.10 Å². The van der Waals surface area contributed by atoms with E-state index in [4.69, 9.17) is 27.3 Å². The minimum atomic E-state index is -1.52. The SMILES string of the molecule is CCn1nccc1-c1ccc([C@H](CCN2CCN(C(=O)C3(O)CCN(c4nccc(Sc5cnc(N6CCC(C)(CN)CC6)cn5)c4Cl)CC3)CC2)NC(=O)[C@@H]2C[C@@H](O)CN2C(=O)[C@H](C(C)C)n2cc(C)nn2)cc1. The molecule has 0 bridgehead atoms. The molecule has 22 heteroatoms. The first-order chi connectivity index (χ1) is 36.0. The van der Waals surface area contributed by atoms with Crippen LogP contribution in [0.1, 0.15) is 89.6 Å². The number of piperidine rings is 2. The fourth-order valence-electron chi connectivity index (χ4n) is 10.9. The molecule has 0 saturated carbocycles. The number of aromatic nitrogens is 8. The van der Waals surface area contributed by atoms with Crippen LogP contribution in [0.4, 0.5) is 11.6 Å². The number of carbonyl (C=O) groups excluding carboxylic acids is 3. The highest BCUT2D eigenvalue weighted by Crippen LogP contribution is 2.39. The van der Waals surface area contributed by atoms with Gasteiger partial charge < -0.3 is 40.9 Å². The van der Waals surface area contributed by atoms with Crippen molar-refractivity contribution in [1.82, 2.24) is 59.7 Å². The first-order valence-corrected chi connectivity index (χ1v) is 27.6. The number of aliphatic hydroxyl groups is 2. The quantitative estimate of drug-likeness (QED) is 0.0996. The van der Waals surface area contributed by atoms with Gasteiger partial charge in [-0.3, -0.25) is 24.0 Å². The lowest BCUT2D eigenvalue weighted by molar-refractivity contribution is -0.155. The first-order valence-electron chi connectivity index (χ1n) is 26.4. The van der Waals surface area contributed by atoms with E-state index in [9.17, 15) is 24.6 Å². The zero-order chi connectivity index (χ0) is 53.0. The number of benzene rings is 1. The summed E-state index contributed by atoms with van der Waals surface area (Å²) in [6, 6.07) is 9.94. The number of nitrogens with two attached hydrogens (primary N) is 1. The monoisotopic (exact) mass is 1070 g/mol. The third-order valence-electron chi connectivity index (χ3n) is 15.7. The molecule has 4 atom stereocenters. The lowest BCUT2D eigenvalue weighted by atomic mass is 9.80. The molecule has 0 aliphatic carbocycles. The van der Waals surface area contributed by atoms with Crippen LogP contribution in [-0.4, -0.2) is 172 Å². The first kappa shape index (κ1) is 54.1. The summed E-state index contributed by atoms with van der Waals surface area (Å²) in [5.74, 6) is 0.407. The molecular formula is C53H72ClN15O5S. The van der Waals surface area contributed by atoms with Crippen LogP contribution in [0.2, 0.25) is 5.02 Å². The molecule has 4 fully saturated rings. The van der Waals surface area contributed by atoms with E-state index in [1.54, 1.807) is 34.4 Å². The number of β-amino-alcohol motifs (C(OH)–C–C–N with tert-alkyl or cyclic N) is 1. The predicted octanol–water partition coefficient (Wildman–Crippen LogP) is 4.61. The Labute approximate surface area is 448 Å². The Morgan fingerprint density at radius 2 is 1.64 bits per heavy atom. The number of amides is 3. The van der Waals surface area contributed by atoms with Gasteiger partial charge in [0.05, 0.1) is 40.9 Å². The van der Waals surface area contributed by atoms with Crippen LogP contribution in [-0.2, 0) is 20.9 Å². The van der Waals surface area contributed by atoms with E-state index >= 15 is 0 Å². The van der Waals surface area contributed by atoms with Gasteiger partial charge in [0, 0.05) is 115 Å². The van der Waals surface area contributed by atoms with Crippen molar-refractivity contribution in [3.05, 3.63) is 83.7 Å². The van der Waals surface area contributed by atoms with Crippen molar-refractivity contribution in [2.75, 3.05) is 81.8 Å². The normalized spacial score (nSPS) is 20.9. The summed E-state index contributed by atoms with van der Waals surface area (Å²) in [6.45, 7) is 16.7. The van der Waals surface area contributed by atoms with Crippen molar-refractivity contribution >= 4 is 52.7 Å². The van der Waals surface area contributed by atoms with Gasteiger partial charge in [-0.15, -0.1) is 5.10 Å². The summed E-state index contributed by atoms with van der Waals surface area (Å²) in [5, 5.41) is 40.0. The number of aryl methyl sites for hydroxylation is 2. The summed E-state index contributed by atoms with van der Waals surface area (Å²) in [6.07, 6.45) is 11.1. The van der Waals surface area contributed by atoms with Gasteiger partial charge >= 0.3 is 0 Å². The Morgan fingerprint density at radius 3 is 2.28 bits per heavy atom. The summed E-state index contributed by atoms with van der Waals surface area (Å²) in [4.78, 5) is 67.4. The van der Waals surface area contributed by atoms with Crippen LogP contribution in [0.25, 0.3) is 11.3 Å². The zero-order valence-electron chi connectivity index (χ0n) is 43.8. The van der Waals surface area contributed by atoms with Crippen LogP contribution in [0.5, 0.6) is 0 Å². The number of anilines is 2. The number of piperazine rings is 1. The number of likely N-dealkylation sites (tertiary alicyclic amines) is 1. The highest BCUT2D eigenvalue weighted by molar-refractivity contribution is 7.99. The smallest absolute Gasteiger partial charge is 0.254 e. The van der Waals surface area contributed by atoms with E-state index < -0.39 is 29.8 Å². The average Bonchev–Trinajstić information content (AvgIpc) is 4.19. The molecule has 4 aromatic heterocycles.